The average Bonchev–Trinajstić information content (AvgIpc) is 2.86. The van der Waals surface area contributed by atoms with Crippen LogP contribution in [0.4, 0.5) is 4.39 Å². The summed E-state index contributed by atoms with van der Waals surface area (Å²) in [6.07, 6.45) is 0. The molecule has 2 aromatic rings. The summed E-state index contributed by atoms with van der Waals surface area (Å²) in [6.45, 7) is 4.03. The molecule has 24 heavy (non-hydrogen) atoms. The smallest absolute Gasteiger partial charge is 0.291 e. The zero-order valence-corrected chi connectivity index (χ0v) is 13.3. The van der Waals surface area contributed by atoms with Crippen LogP contribution in [0.5, 0.6) is 11.6 Å². The molecule has 1 atom stereocenters. The third kappa shape index (κ3) is 3.10. The number of amides is 1. The van der Waals surface area contributed by atoms with Crippen LogP contribution in [-0.2, 0) is 9.59 Å². The Morgan fingerprint density at radius 3 is 2.38 bits per heavy atom. The molecule has 7 heteroatoms. The second-order valence-electron chi connectivity index (χ2n) is 5.82. The van der Waals surface area contributed by atoms with Crippen LogP contribution in [0.25, 0.3) is 0 Å². The van der Waals surface area contributed by atoms with Gasteiger partial charge in [0.2, 0.25) is 11.7 Å². The van der Waals surface area contributed by atoms with Crippen molar-refractivity contribution in [2.24, 2.45) is 0 Å². The molecule has 0 N–H and O–H groups in total. The molecule has 1 amide bonds. The first kappa shape index (κ1) is 16.0. The van der Waals surface area contributed by atoms with Gasteiger partial charge in [0.05, 0.1) is 11.6 Å². The zero-order valence-electron chi connectivity index (χ0n) is 13.3. The number of likely N-dealkylation sites (tertiary alicyclic amines) is 1. The average molecular weight is 329 g/mol. The summed E-state index contributed by atoms with van der Waals surface area (Å²) >= 11 is 0. The van der Waals surface area contributed by atoms with Crippen LogP contribution in [0.15, 0.2) is 36.4 Å². The van der Waals surface area contributed by atoms with Crippen LogP contribution in [0, 0.1) is 5.82 Å². The van der Waals surface area contributed by atoms with Gasteiger partial charge in [-0.3, -0.25) is 9.59 Å². The van der Waals surface area contributed by atoms with Crippen LogP contribution in [0.1, 0.15) is 25.5 Å². The quantitative estimate of drug-likeness (QED) is 0.805. The number of carbonyl (C=O) groups excluding carboxylic acids is 2. The van der Waals surface area contributed by atoms with Gasteiger partial charge in [-0.05, 0) is 44.2 Å². The molecule has 2 heterocycles. The lowest BCUT2D eigenvalue weighted by atomic mass is 10.0. The molecule has 1 aliphatic heterocycles. The number of halogens is 1. The van der Waals surface area contributed by atoms with E-state index in [-0.39, 0.29) is 17.7 Å². The molecule has 1 aromatic carbocycles. The summed E-state index contributed by atoms with van der Waals surface area (Å²) in [5.74, 6) is -1.26. The van der Waals surface area contributed by atoms with Crippen LogP contribution in [0.2, 0.25) is 0 Å². The minimum Gasteiger partial charge on any atom is -0.438 e. The summed E-state index contributed by atoms with van der Waals surface area (Å²) in [5.41, 5.74) is 0.433. The number of hydrogen-bond donors (Lipinski definition) is 0. The summed E-state index contributed by atoms with van der Waals surface area (Å²) in [5, 5.41) is 7.93. The van der Waals surface area contributed by atoms with E-state index < -0.39 is 17.6 Å². The van der Waals surface area contributed by atoms with Crippen molar-refractivity contribution in [3.05, 3.63) is 47.9 Å². The predicted octanol–water partition coefficient (Wildman–Crippen LogP) is 2.31. The normalized spacial score (nSPS) is 17.7. The molecule has 1 aromatic heterocycles. The molecule has 0 saturated carbocycles. The lowest BCUT2D eigenvalue weighted by molar-refractivity contribution is -0.141. The first-order chi connectivity index (χ1) is 11.5. The minimum absolute atomic E-state index is 0.0412. The fourth-order valence-corrected chi connectivity index (χ4v) is 2.52. The van der Waals surface area contributed by atoms with Gasteiger partial charge in [0.25, 0.3) is 5.91 Å². The third-order valence-electron chi connectivity index (χ3n) is 3.84. The van der Waals surface area contributed by atoms with Crippen LogP contribution < -0.4 is 4.74 Å². The number of ether oxygens (including phenoxy) is 1. The van der Waals surface area contributed by atoms with Gasteiger partial charge >= 0.3 is 0 Å². The van der Waals surface area contributed by atoms with Crippen molar-refractivity contribution >= 4 is 11.7 Å². The van der Waals surface area contributed by atoms with Gasteiger partial charge in [-0.1, -0.05) is 0 Å². The Morgan fingerprint density at radius 2 is 1.83 bits per heavy atom. The van der Waals surface area contributed by atoms with Crippen molar-refractivity contribution in [3.63, 3.8) is 0 Å². The highest BCUT2D eigenvalue weighted by molar-refractivity contribution is 6.40. The van der Waals surface area contributed by atoms with E-state index in [4.69, 9.17) is 4.74 Å². The second kappa shape index (κ2) is 6.35. The fraction of sp³-hybridized carbons (Fsp3) is 0.294. The van der Waals surface area contributed by atoms with Gasteiger partial charge in [0.1, 0.15) is 11.6 Å². The van der Waals surface area contributed by atoms with E-state index in [0.717, 1.165) is 0 Å². The van der Waals surface area contributed by atoms with E-state index in [9.17, 15) is 14.0 Å². The van der Waals surface area contributed by atoms with E-state index in [1.165, 1.54) is 29.2 Å². The Morgan fingerprint density at radius 1 is 1.12 bits per heavy atom. The number of hydrogen-bond acceptors (Lipinski definition) is 5. The van der Waals surface area contributed by atoms with E-state index in [0.29, 0.717) is 18.0 Å². The van der Waals surface area contributed by atoms with Crippen LogP contribution >= 0.6 is 0 Å². The second-order valence-corrected chi connectivity index (χ2v) is 5.82. The first-order valence-electron chi connectivity index (χ1n) is 7.57. The maximum absolute atomic E-state index is 12.9. The fourth-order valence-electron chi connectivity index (χ4n) is 2.52. The Hall–Kier alpha value is -2.83. The summed E-state index contributed by atoms with van der Waals surface area (Å²) < 4.78 is 18.3. The molecule has 6 nitrogen and oxygen atoms in total. The predicted molar refractivity (Wildman–Crippen MR) is 83.1 cm³/mol. The van der Waals surface area contributed by atoms with Gasteiger partial charge in [-0.15, -0.1) is 5.10 Å². The third-order valence-corrected chi connectivity index (χ3v) is 3.84. The van der Waals surface area contributed by atoms with E-state index in [2.05, 4.69) is 10.2 Å². The SMILES string of the molecule is CC(C)N1CC(c2ccc(Oc3ccc(F)cc3)nn2)C(=O)C1=O. The number of rotatable bonds is 4. The highest BCUT2D eigenvalue weighted by Crippen LogP contribution is 2.26. The van der Waals surface area contributed by atoms with Crippen molar-refractivity contribution in [1.29, 1.82) is 0 Å². The largest absolute Gasteiger partial charge is 0.438 e. The first-order valence-corrected chi connectivity index (χ1v) is 7.57. The topological polar surface area (TPSA) is 72.4 Å². The van der Waals surface area contributed by atoms with Crippen molar-refractivity contribution in [2.75, 3.05) is 6.54 Å². The molecule has 1 aliphatic rings. The van der Waals surface area contributed by atoms with Crippen molar-refractivity contribution in [3.8, 4) is 11.6 Å². The standard InChI is InChI=1S/C17H16FN3O3/c1-10(2)21-9-13(16(22)17(21)23)14-7-8-15(20-19-14)24-12-5-3-11(18)4-6-12/h3-8,10,13H,9H2,1-2H3. The Labute approximate surface area is 138 Å². The zero-order chi connectivity index (χ0) is 17.3. The number of aromatic nitrogens is 2. The van der Waals surface area contributed by atoms with Crippen LogP contribution in [-0.4, -0.2) is 39.4 Å². The molecule has 0 bridgehead atoms. The summed E-state index contributed by atoms with van der Waals surface area (Å²) in [7, 11) is 0. The minimum atomic E-state index is -0.604. The highest BCUT2D eigenvalue weighted by atomic mass is 19.1. The number of ketones is 1. The lowest BCUT2D eigenvalue weighted by Crippen LogP contribution is -2.33. The maximum Gasteiger partial charge on any atom is 0.291 e. The van der Waals surface area contributed by atoms with Gasteiger partial charge in [0, 0.05) is 18.7 Å². The Kier molecular flexibility index (Phi) is 4.24. The van der Waals surface area contributed by atoms with Crippen molar-refractivity contribution < 1.29 is 18.7 Å². The highest BCUT2D eigenvalue weighted by Gasteiger charge is 2.41. The monoisotopic (exact) mass is 329 g/mol. The molecule has 0 aliphatic carbocycles. The number of Topliss-reactive ketones (excluding diaryl/α,β-unsaturated/α-hetero) is 1. The van der Waals surface area contributed by atoms with E-state index in [1.54, 1.807) is 12.1 Å². The Bertz CT molecular complexity index is 760. The molecule has 1 fully saturated rings. The maximum atomic E-state index is 12.9. The molecule has 3 rings (SSSR count). The van der Waals surface area contributed by atoms with Gasteiger partial charge in [-0.2, -0.15) is 5.10 Å². The molecule has 0 radical (unpaired) electrons. The van der Waals surface area contributed by atoms with Crippen molar-refractivity contribution in [1.82, 2.24) is 15.1 Å². The van der Waals surface area contributed by atoms with Gasteiger partial charge < -0.3 is 9.64 Å². The number of carbonyl (C=O) groups is 2. The molecule has 1 unspecified atom stereocenters. The molecule has 0 spiro atoms. The van der Waals surface area contributed by atoms with Gasteiger partial charge in [0.15, 0.2) is 0 Å². The molecule has 124 valence electrons. The number of nitrogens with zero attached hydrogens (tertiary/aromatic N) is 3. The number of benzene rings is 1. The molecular weight excluding hydrogens is 313 g/mol. The Balaban J connectivity index is 1.74. The summed E-state index contributed by atoms with van der Waals surface area (Å²) in [6, 6.07) is 8.66. The lowest BCUT2D eigenvalue weighted by Gasteiger charge is -2.19. The van der Waals surface area contributed by atoms with Crippen molar-refractivity contribution in [2.45, 2.75) is 25.8 Å². The summed E-state index contributed by atoms with van der Waals surface area (Å²) in [4.78, 5) is 25.6. The van der Waals surface area contributed by atoms with Crippen LogP contribution in [0.3, 0.4) is 0 Å². The molecular formula is C17H16FN3O3. The van der Waals surface area contributed by atoms with E-state index in [1.807, 2.05) is 13.8 Å². The van der Waals surface area contributed by atoms with E-state index >= 15 is 0 Å². The van der Waals surface area contributed by atoms with Gasteiger partial charge in [-0.25, -0.2) is 4.39 Å². The molecule has 1 saturated heterocycles.